The molecule has 4 nitrogen and oxygen atoms in total. The van der Waals surface area contributed by atoms with Gasteiger partial charge in [0, 0.05) is 32.2 Å². The van der Waals surface area contributed by atoms with Crippen LogP contribution in [0.5, 0.6) is 0 Å². The van der Waals surface area contributed by atoms with E-state index in [4.69, 9.17) is 4.74 Å². The summed E-state index contributed by atoms with van der Waals surface area (Å²) in [7, 11) is 1.68. The number of hydrogen-bond acceptors (Lipinski definition) is 4. The quantitative estimate of drug-likeness (QED) is 0.838. The smallest absolute Gasteiger partial charge is 0.154 e. The van der Waals surface area contributed by atoms with Gasteiger partial charge in [-0.25, -0.2) is 9.97 Å². The minimum absolute atomic E-state index is 0.437. The maximum atomic E-state index is 5.11. The zero-order valence-electron chi connectivity index (χ0n) is 10.2. The van der Waals surface area contributed by atoms with Gasteiger partial charge in [0.15, 0.2) is 5.82 Å². The molecule has 2 rings (SSSR count). The average molecular weight is 221 g/mol. The van der Waals surface area contributed by atoms with E-state index in [0.717, 1.165) is 25.3 Å². The summed E-state index contributed by atoms with van der Waals surface area (Å²) in [6.07, 6.45) is 0.994. The minimum Gasteiger partial charge on any atom is -0.377 e. The molecular formula is C12H19N3O. The van der Waals surface area contributed by atoms with Gasteiger partial charge >= 0.3 is 0 Å². The lowest BCUT2D eigenvalue weighted by Gasteiger charge is -2.21. The van der Waals surface area contributed by atoms with E-state index < -0.39 is 0 Å². The third kappa shape index (κ3) is 2.23. The highest BCUT2D eigenvalue weighted by atomic mass is 16.5. The number of methoxy groups -OCH3 is 1. The minimum atomic E-state index is 0.437. The number of ether oxygens (including phenoxy) is 1. The van der Waals surface area contributed by atoms with E-state index >= 15 is 0 Å². The molecule has 2 heterocycles. The van der Waals surface area contributed by atoms with Crippen LogP contribution >= 0.6 is 0 Å². The van der Waals surface area contributed by atoms with E-state index in [9.17, 15) is 0 Å². The molecule has 0 bridgehead atoms. The molecule has 0 saturated carbocycles. The summed E-state index contributed by atoms with van der Waals surface area (Å²) in [4.78, 5) is 9.17. The Morgan fingerprint density at radius 2 is 2.19 bits per heavy atom. The summed E-state index contributed by atoms with van der Waals surface area (Å²) in [6.45, 7) is 6.76. The highest BCUT2D eigenvalue weighted by Gasteiger charge is 2.18. The van der Waals surface area contributed by atoms with Gasteiger partial charge in [0.1, 0.15) is 6.61 Å². The summed E-state index contributed by atoms with van der Waals surface area (Å²) in [5, 5.41) is 3.38. The topological polar surface area (TPSA) is 47.0 Å². The summed E-state index contributed by atoms with van der Waals surface area (Å²) >= 11 is 0. The van der Waals surface area contributed by atoms with E-state index in [-0.39, 0.29) is 0 Å². The second-order valence-electron chi connectivity index (χ2n) is 4.46. The van der Waals surface area contributed by atoms with Gasteiger partial charge in [-0.3, -0.25) is 0 Å². The lowest BCUT2D eigenvalue weighted by molar-refractivity contribution is 0.177. The van der Waals surface area contributed by atoms with Crippen molar-refractivity contribution in [1.29, 1.82) is 0 Å². The van der Waals surface area contributed by atoms with Crippen molar-refractivity contribution in [3.05, 3.63) is 22.8 Å². The molecule has 0 amide bonds. The molecule has 1 N–H and O–H groups in total. The van der Waals surface area contributed by atoms with Crippen molar-refractivity contribution in [3.8, 4) is 0 Å². The number of aromatic nitrogens is 2. The Kier molecular flexibility index (Phi) is 3.51. The lowest BCUT2D eigenvalue weighted by Crippen LogP contribution is -2.27. The molecule has 1 aromatic heterocycles. The van der Waals surface area contributed by atoms with Crippen LogP contribution in [0.2, 0.25) is 0 Å². The summed E-state index contributed by atoms with van der Waals surface area (Å²) < 4.78 is 5.11. The maximum absolute atomic E-state index is 5.11. The van der Waals surface area contributed by atoms with Gasteiger partial charge in [-0.1, -0.05) is 13.8 Å². The summed E-state index contributed by atoms with van der Waals surface area (Å²) in [6, 6.07) is 0. The van der Waals surface area contributed by atoms with E-state index in [1.165, 1.54) is 17.0 Å². The van der Waals surface area contributed by atoms with E-state index in [1.807, 2.05) is 0 Å². The Labute approximate surface area is 96.4 Å². The van der Waals surface area contributed by atoms with E-state index in [2.05, 4.69) is 29.1 Å². The van der Waals surface area contributed by atoms with Crippen molar-refractivity contribution < 1.29 is 4.74 Å². The van der Waals surface area contributed by atoms with Gasteiger partial charge < -0.3 is 10.1 Å². The maximum Gasteiger partial charge on any atom is 0.154 e. The fourth-order valence-corrected chi connectivity index (χ4v) is 2.09. The largest absolute Gasteiger partial charge is 0.377 e. The highest BCUT2D eigenvalue weighted by Crippen LogP contribution is 2.22. The number of fused-ring (bicyclic) bond motifs is 1. The lowest BCUT2D eigenvalue weighted by atomic mass is 9.98. The first-order valence-electron chi connectivity index (χ1n) is 5.80. The first-order chi connectivity index (χ1) is 7.72. The van der Waals surface area contributed by atoms with Crippen molar-refractivity contribution in [2.75, 3.05) is 13.7 Å². The van der Waals surface area contributed by atoms with Gasteiger partial charge in [0.05, 0.1) is 11.4 Å². The first-order valence-corrected chi connectivity index (χ1v) is 5.80. The monoisotopic (exact) mass is 221 g/mol. The predicted octanol–water partition coefficient (Wildman–Crippen LogP) is 1.39. The van der Waals surface area contributed by atoms with Crippen molar-refractivity contribution in [3.63, 3.8) is 0 Å². The molecule has 88 valence electrons. The summed E-state index contributed by atoms with van der Waals surface area (Å²) in [5.74, 6) is 1.25. The highest BCUT2D eigenvalue weighted by molar-refractivity contribution is 5.30. The van der Waals surface area contributed by atoms with Crippen LogP contribution in [0.25, 0.3) is 0 Å². The molecule has 4 heteroatoms. The number of hydrogen-bond donors (Lipinski definition) is 1. The normalized spacial score (nSPS) is 15.2. The fraction of sp³-hybridized carbons (Fsp3) is 0.667. The van der Waals surface area contributed by atoms with Gasteiger partial charge in [0.25, 0.3) is 0 Å². The van der Waals surface area contributed by atoms with Crippen molar-refractivity contribution in [2.45, 2.75) is 39.3 Å². The Morgan fingerprint density at radius 3 is 2.88 bits per heavy atom. The zero-order valence-corrected chi connectivity index (χ0v) is 10.2. The fourth-order valence-electron chi connectivity index (χ4n) is 2.09. The molecule has 0 atom stereocenters. The second-order valence-corrected chi connectivity index (χ2v) is 4.46. The third-order valence-electron chi connectivity index (χ3n) is 2.83. The molecule has 0 fully saturated rings. The molecule has 0 aliphatic carbocycles. The Balaban J connectivity index is 2.43. The number of nitrogens with zero attached hydrogens (tertiary/aromatic N) is 2. The van der Waals surface area contributed by atoms with Crippen molar-refractivity contribution >= 4 is 0 Å². The first kappa shape index (κ1) is 11.5. The molecule has 1 aromatic rings. The standard InChI is InChI=1S/C12H19N3O/c1-8(2)12-9-6-13-5-4-10(9)14-11(15-12)7-16-3/h8,13H,4-7H2,1-3H3. The Hall–Kier alpha value is -1.00. The Morgan fingerprint density at radius 1 is 1.38 bits per heavy atom. The summed E-state index contributed by atoms with van der Waals surface area (Å²) in [5.41, 5.74) is 3.66. The molecule has 0 aromatic carbocycles. The molecule has 0 spiro atoms. The molecule has 0 saturated heterocycles. The van der Waals surface area contributed by atoms with E-state index in [1.54, 1.807) is 7.11 Å². The molecule has 0 unspecified atom stereocenters. The molecule has 0 radical (unpaired) electrons. The number of nitrogens with one attached hydrogen (secondary N) is 1. The molecule has 1 aliphatic rings. The molecule has 1 aliphatic heterocycles. The zero-order chi connectivity index (χ0) is 11.5. The van der Waals surface area contributed by atoms with Crippen LogP contribution in [0.1, 0.15) is 42.5 Å². The second kappa shape index (κ2) is 4.89. The third-order valence-corrected chi connectivity index (χ3v) is 2.83. The van der Waals surface area contributed by atoms with Crippen LogP contribution in [-0.2, 0) is 24.3 Å². The Bertz CT molecular complexity index is 377. The van der Waals surface area contributed by atoms with Crippen LogP contribution < -0.4 is 5.32 Å². The number of rotatable bonds is 3. The predicted molar refractivity (Wildman–Crippen MR) is 62.2 cm³/mol. The van der Waals surface area contributed by atoms with Gasteiger partial charge in [-0.15, -0.1) is 0 Å². The van der Waals surface area contributed by atoms with Crippen LogP contribution in [-0.4, -0.2) is 23.6 Å². The van der Waals surface area contributed by atoms with Crippen LogP contribution in [0.4, 0.5) is 0 Å². The SMILES string of the molecule is COCc1nc2c(c(C(C)C)n1)CNCC2. The molecular weight excluding hydrogens is 202 g/mol. The van der Waals surface area contributed by atoms with Crippen LogP contribution in [0.15, 0.2) is 0 Å². The average Bonchev–Trinajstić information content (AvgIpc) is 2.28. The van der Waals surface area contributed by atoms with Gasteiger partial charge in [-0.05, 0) is 5.92 Å². The molecule has 16 heavy (non-hydrogen) atoms. The van der Waals surface area contributed by atoms with Gasteiger partial charge in [0.2, 0.25) is 0 Å². The van der Waals surface area contributed by atoms with Crippen LogP contribution in [0.3, 0.4) is 0 Å². The van der Waals surface area contributed by atoms with Crippen LogP contribution in [0, 0.1) is 0 Å². The van der Waals surface area contributed by atoms with Gasteiger partial charge in [-0.2, -0.15) is 0 Å². The van der Waals surface area contributed by atoms with Crippen molar-refractivity contribution in [2.24, 2.45) is 0 Å². The van der Waals surface area contributed by atoms with Crippen molar-refractivity contribution in [1.82, 2.24) is 15.3 Å². The van der Waals surface area contributed by atoms with E-state index in [0.29, 0.717) is 12.5 Å².